The zero-order valence-electron chi connectivity index (χ0n) is 13.7. The molecule has 0 aliphatic heterocycles. The Morgan fingerprint density at radius 2 is 1.35 bits per heavy atom. The predicted octanol–water partition coefficient (Wildman–Crippen LogP) is 5.26. The number of rotatable bonds is 2. The van der Waals surface area contributed by atoms with Crippen LogP contribution >= 0.6 is 11.6 Å². The minimum absolute atomic E-state index is 0.556. The molecule has 0 amide bonds. The number of imidazole rings is 1. The van der Waals surface area contributed by atoms with Crippen LogP contribution in [0.4, 0.5) is 0 Å². The molecule has 0 saturated heterocycles. The molecule has 3 aromatic carbocycles. The third kappa shape index (κ3) is 2.43. The number of nitrogens with zero attached hydrogens (tertiary/aromatic N) is 4. The fraction of sp³-hybridized carbons (Fsp3) is 0. The average Bonchev–Trinajstić information content (AvgIpc) is 3.04. The summed E-state index contributed by atoms with van der Waals surface area (Å²) in [6, 6.07) is 25.7. The van der Waals surface area contributed by atoms with E-state index >= 15 is 0 Å². The number of hydrogen-bond acceptors (Lipinski definition) is 3. The molecule has 0 aliphatic carbocycles. The highest BCUT2D eigenvalue weighted by Crippen LogP contribution is 2.30. The van der Waals surface area contributed by atoms with Crippen molar-refractivity contribution in [3.63, 3.8) is 0 Å². The Hall–Kier alpha value is -3.24. The first-order valence-corrected chi connectivity index (χ1v) is 8.64. The van der Waals surface area contributed by atoms with Crippen LogP contribution in [0.2, 0.25) is 5.02 Å². The van der Waals surface area contributed by atoms with Crippen LogP contribution in [-0.2, 0) is 0 Å². The Morgan fingerprint density at radius 1 is 0.692 bits per heavy atom. The highest BCUT2D eigenvalue weighted by Gasteiger charge is 2.16. The SMILES string of the molecule is Clc1ccc2c(c1)nc1nc(-c3ccccc3)c(-c3ccccc3)nn12. The second-order valence-electron chi connectivity index (χ2n) is 6.00. The van der Waals surface area contributed by atoms with Crippen LogP contribution in [0.3, 0.4) is 0 Å². The van der Waals surface area contributed by atoms with Gasteiger partial charge in [-0.05, 0) is 18.2 Å². The molecular formula is C21H13ClN4. The van der Waals surface area contributed by atoms with Gasteiger partial charge in [-0.2, -0.15) is 9.61 Å². The first-order chi connectivity index (χ1) is 12.8. The van der Waals surface area contributed by atoms with E-state index in [9.17, 15) is 0 Å². The van der Waals surface area contributed by atoms with Gasteiger partial charge in [0.2, 0.25) is 0 Å². The second kappa shape index (κ2) is 5.93. The van der Waals surface area contributed by atoms with Crippen LogP contribution in [-0.4, -0.2) is 19.6 Å². The summed E-state index contributed by atoms with van der Waals surface area (Å²) in [6.07, 6.45) is 0. The van der Waals surface area contributed by atoms with Crippen molar-refractivity contribution in [2.24, 2.45) is 0 Å². The molecule has 4 nitrogen and oxygen atoms in total. The highest BCUT2D eigenvalue weighted by atomic mass is 35.5. The fourth-order valence-corrected chi connectivity index (χ4v) is 3.25. The van der Waals surface area contributed by atoms with E-state index in [1.165, 1.54) is 0 Å². The molecule has 2 heterocycles. The van der Waals surface area contributed by atoms with E-state index in [1.807, 2.05) is 78.9 Å². The Labute approximate surface area is 154 Å². The van der Waals surface area contributed by atoms with Gasteiger partial charge in [-0.25, -0.2) is 9.97 Å². The molecule has 26 heavy (non-hydrogen) atoms. The van der Waals surface area contributed by atoms with Crippen molar-refractivity contribution >= 4 is 28.4 Å². The lowest BCUT2D eigenvalue weighted by Crippen LogP contribution is -2.01. The fourth-order valence-electron chi connectivity index (χ4n) is 3.09. The third-order valence-electron chi connectivity index (χ3n) is 4.31. The highest BCUT2D eigenvalue weighted by molar-refractivity contribution is 6.31. The Morgan fingerprint density at radius 3 is 2.04 bits per heavy atom. The van der Waals surface area contributed by atoms with Crippen LogP contribution in [0.1, 0.15) is 0 Å². The van der Waals surface area contributed by atoms with Gasteiger partial charge in [-0.1, -0.05) is 72.3 Å². The van der Waals surface area contributed by atoms with Gasteiger partial charge in [-0.15, -0.1) is 0 Å². The van der Waals surface area contributed by atoms with Crippen molar-refractivity contribution < 1.29 is 0 Å². The van der Waals surface area contributed by atoms with Gasteiger partial charge >= 0.3 is 0 Å². The maximum Gasteiger partial charge on any atom is 0.252 e. The second-order valence-corrected chi connectivity index (χ2v) is 6.43. The molecular weight excluding hydrogens is 344 g/mol. The summed E-state index contributed by atoms with van der Waals surface area (Å²) in [5.41, 5.74) is 5.31. The largest absolute Gasteiger partial charge is 0.252 e. The molecule has 0 aliphatic rings. The summed E-state index contributed by atoms with van der Waals surface area (Å²) < 4.78 is 1.78. The lowest BCUT2D eigenvalue weighted by molar-refractivity contribution is 0.938. The first kappa shape index (κ1) is 15.0. The van der Waals surface area contributed by atoms with Crippen LogP contribution in [0.5, 0.6) is 0 Å². The molecule has 0 atom stereocenters. The summed E-state index contributed by atoms with van der Waals surface area (Å²) in [5.74, 6) is 0.556. The van der Waals surface area contributed by atoms with E-state index < -0.39 is 0 Å². The van der Waals surface area contributed by atoms with Crippen molar-refractivity contribution in [2.75, 3.05) is 0 Å². The molecule has 0 spiro atoms. The molecule has 5 aromatic rings. The molecule has 0 unspecified atom stereocenters. The van der Waals surface area contributed by atoms with E-state index in [4.69, 9.17) is 21.7 Å². The number of benzene rings is 3. The lowest BCUT2D eigenvalue weighted by atomic mass is 10.0. The predicted molar refractivity (Wildman–Crippen MR) is 104 cm³/mol. The topological polar surface area (TPSA) is 43.1 Å². The van der Waals surface area contributed by atoms with Gasteiger partial charge in [0.15, 0.2) is 0 Å². The number of halogens is 1. The van der Waals surface area contributed by atoms with E-state index in [2.05, 4.69) is 4.98 Å². The van der Waals surface area contributed by atoms with Crippen molar-refractivity contribution in [3.05, 3.63) is 83.9 Å². The van der Waals surface area contributed by atoms with Crippen molar-refractivity contribution in [3.8, 4) is 22.5 Å². The Bertz CT molecular complexity index is 1230. The number of fused-ring (bicyclic) bond motifs is 3. The van der Waals surface area contributed by atoms with Crippen LogP contribution in [0, 0.1) is 0 Å². The molecule has 0 saturated carbocycles. The van der Waals surface area contributed by atoms with Crippen LogP contribution in [0.15, 0.2) is 78.9 Å². The molecule has 124 valence electrons. The minimum Gasteiger partial charge on any atom is -0.209 e. The summed E-state index contributed by atoms with van der Waals surface area (Å²) in [5, 5.41) is 5.53. The van der Waals surface area contributed by atoms with E-state index in [-0.39, 0.29) is 0 Å². The summed E-state index contributed by atoms with van der Waals surface area (Å²) in [6.45, 7) is 0. The Balaban J connectivity index is 1.88. The number of hydrogen-bond donors (Lipinski definition) is 0. The summed E-state index contributed by atoms with van der Waals surface area (Å²) in [4.78, 5) is 9.44. The van der Waals surface area contributed by atoms with Gasteiger partial charge in [-0.3, -0.25) is 0 Å². The standard InChI is InChI=1S/C21H13ClN4/c22-16-11-12-18-17(13-16)23-21-24-19(14-7-3-1-4-8-14)20(25-26(18)21)15-9-5-2-6-10-15/h1-13H. The average molecular weight is 357 g/mol. The van der Waals surface area contributed by atoms with E-state index in [0.29, 0.717) is 10.8 Å². The van der Waals surface area contributed by atoms with E-state index in [1.54, 1.807) is 4.52 Å². The van der Waals surface area contributed by atoms with Crippen LogP contribution in [0.25, 0.3) is 39.3 Å². The molecule has 5 rings (SSSR count). The minimum atomic E-state index is 0.556. The van der Waals surface area contributed by atoms with Gasteiger partial charge in [0.1, 0.15) is 11.4 Å². The maximum absolute atomic E-state index is 6.11. The van der Waals surface area contributed by atoms with Crippen molar-refractivity contribution in [2.45, 2.75) is 0 Å². The molecule has 2 aromatic heterocycles. The molecule has 0 N–H and O–H groups in total. The zero-order valence-corrected chi connectivity index (χ0v) is 14.4. The van der Waals surface area contributed by atoms with Gasteiger partial charge in [0.25, 0.3) is 5.78 Å². The molecule has 0 radical (unpaired) electrons. The van der Waals surface area contributed by atoms with Gasteiger partial charge in [0, 0.05) is 16.1 Å². The summed E-state index contributed by atoms with van der Waals surface area (Å²) >= 11 is 6.11. The lowest BCUT2D eigenvalue weighted by Gasteiger charge is -2.09. The molecule has 0 bridgehead atoms. The normalized spacial score (nSPS) is 11.3. The number of aromatic nitrogens is 4. The third-order valence-corrected chi connectivity index (χ3v) is 4.54. The van der Waals surface area contributed by atoms with Crippen molar-refractivity contribution in [1.82, 2.24) is 19.6 Å². The quantitative estimate of drug-likeness (QED) is 0.433. The van der Waals surface area contributed by atoms with Crippen molar-refractivity contribution in [1.29, 1.82) is 0 Å². The van der Waals surface area contributed by atoms with E-state index in [0.717, 1.165) is 33.5 Å². The molecule has 5 heteroatoms. The smallest absolute Gasteiger partial charge is 0.209 e. The van der Waals surface area contributed by atoms with Gasteiger partial charge < -0.3 is 0 Å². The molecule has 0 fully saturated rings. The zero-order chi connectivity index (χ0) is 17.5. The van der Waals surface area contributed by atoms with Gasteiger partial charge in [0.05, 0.1) is 11.0 Å². The Kier molecular flexibility index (Phi) is 3.43. The first-order valence-electron chi connectivity index (χ1n) is 8.26. The maximum atomic E-state index is 6.11. The summed E-state index contributed by atoms with van der Waals surface area (Å²) in [7, 11) is 0. The van der Waals surface area contributed by atoms with Crippen LogP contribution < -0.4 is 0 Å². The monoisotopic (exact) mass is 356 g/mol.